The van der Waals surface area contributed by atoms with Gasteiger partial charge in [-0.05, 0) is 34.7 Å². The average molecular weight is 712 g/mol. The quantitative estimate of drug-likeness (QED) is 0.137. The van der Waals surface area contributed by atoms with E-state index in [1.807, 2.05) is 6.07 Å². The van der Waals surface area contributed by atoms with Gasteiger partial charge in [0, 0.05) is 43.5 Å². The van der Waals surface area contributed by atoms with Crippen molar-refractivity contribution >= 4 is 60.8 Å². The molecule has 41 heavy (non-hydrogen) atoms. The van der Waals surface area contributed by atoms with Crippen molar-refractivity contribution in [2.24, 2.45) is 14.1 Å². The van der Waals surface area contributed by atoms with Gasteiger partial charge in [0.15, 0.2) is 16.7 Å². The van der Waals surface area contributed by atoms with Crippen LogP contribution >= 0.6 is 22.6 Å². The monoisotopic (exact) mass is 711 g/mol. The van der Waals surface area contributed by atoms with Crippen LogP contribution in [-0.4, -0.2) is 68.0 Å². The first-order valence-electron chi connectivity index (χ1n) is 13.2. The molecule has 0 aliphatic carbocycles. The van der Waals surface area contributed by atoms with Gasteiger partial charge in [-0.1, -0.05) is 39.3 Å². The molecule has 0 aliphatic rings. The van der Waals surface area contributed by atoms with Crippen LogP contribution < -0.4 is 11.1 Å². The third-order valence-electron chi connectivity index (χ3n) is 6.11. The van der Waals surface area contributed by atoms with Crippen molar-refractivity contribution in [3.8, 4) is 6.07 Å². The minimum atomic E-state index is -1.16. The number of ether oxygens (including phenoxy) is 2. The second kappa shape index (κ2) is 13.5. The number of fused-ring (bicyclic) bond motifs is 2. The third-order valence-corrected chi connectivity index (χ3v) is 10.2. The van der Waals surface area contributed by atoms with Crippen molar-refractivity contribution in [3.63, 3.8) is 0 Å². The summed E-state index contributed by atoms with van der Waals surface area (Å²) in [6.07, 6.45) is 2.91. The highest BCUT2D eigenvalue weighted by Crippen LogP contribution is 2.15. The van der Waals surface area contributed by atoms with Crippen LogP contribution in [0.4, 0.5) is 0 Å². The summed E-state index contributed by atoms with van der Waals surface area (Å²) in [5.74, 6) is 0. The molecule has 222 valence electrons. The Labute approximate surface area is 254 Å². The van der Waals surface area contributed by atoms with E-state index in [9.17, 15) is 9.59 Å². The van der Waals surface area contributed by atoms with Crippen molar-refractivity contribution in [3.05, 3.63) is 42.8 Å². The molecular formula is C25H38IN9O4Si2. The van der Waals surface area contributed by atoms with E-state index in [0.29, 0.717) is 42.0 Å². The Bertz CT molecular complexity index is 1670. The molecule has 0 radical (unpaired) electrons. The van der Waals surface area contributed by atoms with Gasteiger partial charge in [0.2, 0.25) is 0 Å². The van der Waals surface area contributed by atoms with Gasteiger partial charge in [0.25, 0.3) is 11.1 Å². The predicted octanol–water partition coefficient (Wildman–Crippen LogP) is 3.36. The van der Waals surface area contributed by atoms with Gasteiger partial charge in [-0.3, -0.25) is 9.59 Å². The lowest BCUT2D eigenvalue weighted by atomic mass is 10.3. The van der Waals surface area contributed by atoms with Gasteiger partial charge in [-0.15, -0.1) is 0 Å². The van der Waals surface area contributed by atoms with E-state index in [4.69, 9.17) is 14.7 Å². The Morgan fingerprint density at radius 1 is 0.805 bits per heavy atom. The molecule has 4 rings (SSSR count). The minimum absolute atomic E-state index is 0.0980. The first kappa shape index (κ1) is 32.8. The maximum absolute atomic E-state index is 12.2. The molecule has 0 unspecified atom stereocenters. The fraction of sp³-hybridized carbons (Fsp3) is 0.560. The Hall–Kier alpha value is -2.73. The van der Waals surface area contributed by atoms with E-state index < -0.39 is 16.1 Å². The highest BCUT2D eigenvalue weighted by molar-refractivity contribution is 14.1. The number of nitrogens with zero attached hydrogens (tertiary/aromatic N) is 9. The first-order valence-corrected chi connectivity index (χ1v) is 21.7. The molecule has 0 atom stereocenters. The number of hydrogen-bond acceptors (Lipinski definition) is 9. The van der Waals surface area contributed by atoms with Gasteiger partial charge in [0.05, 0.1) is 12.7 Å². The van der Waals surface area contributed by atoms with Crippen LogP contribution in [0.1, 0.15) is 5.69 Å². The van der Waals surface area contributed by atoms with E-state index in [2.05, 4.69) is 82.0 Å². The predicted molar refractivity (Wildman–Crippen MR) is 171 cm³/mol. The van der Waals surface area contributed by atoms with Crippen molar-refractivity contribution in [1.29, 1.82) is 5.26 Å². The highest BCUT2D eigenvalue weighted by atomic mass is 127. The fourth-order valence-electron chi connectivity index (χ4n) is 3.58. The maximum atomic E-state index is 12.2. The molecule has 0 aromatic carbocycles. The van der Waals surface area contributed by atoms with E-state index in [0.717, 1.165) is 15.8 Å². The van der Waals surface area contributed by atoms with Crippen LogP contribution in [0.3, 0.4) is 0 Å². The molecule has 16 heteroatoms. The van der Waals surface area contributed by atoms with Crippen LogP contribution in [0.15, 0.2) is 22.2 Å². The molecule has 0 aliphatic heterocycles. The minimum Gasteiger partial charge on any atom is -0.360 e. The molecule has 0 spiro atoms. The molecule has 0 fully saturated rings. The summed E-state index contributed by atoms with van der Waals surface area (Å²) in [6.45, 7) is 15.5. The summed E-state index contributed by atoms with van der Waals surface area (Å²) in [5.41, 5.74) is 1.60. The standard InChI is InChI=1S/C13H19N5O2Si.C12H19IN4O2Si/c1-17-8-15-11-10(7-14)16-18(12(11)13(17)19)9-20-5-6-21(2,3)4;1-16-7-14-9-10(12(16)18)17(15-11(9)13)8-19-5-6-20(2,3)4/h8H,5-6,9H2,1-4H3;7H,5-6,8H2,1-4H3. The lowest BCUT2D eigenvalue weighted by Gasteiger charge is -2.15. The molecule has 0 amide bonds. The Morgan fingerprint density at radius 2 is 1.24 bits per heavy atom. The van der Waals surface area contributed by atoms with E-state index in [1.54, 1.807) is 18.8 Å². The SMILES string of the molecule is Cn1cnc2c(C#N)nn(COCC[Si](C)(C)C)c2c1=O.Cn1cnc2c(I)nn(COCC[Si](C)(C)C)c2c1=O. The van der Waals surface area contributed by atoms with Crippen LogP contribution in [0.2, 0.25) is 51.4 Å². The molecule has 4 heterocycles. The maximum Gasteiger partial charge on any atom is 0.279 e. The zero-order valence-corrected chi connectivity index (χ0v) is 29.1. The van der Waals surface area contributed by atoms with Crippen molar-refractivity contribution in [2.45, 2.75) is 64.8 Å². The summed E-state index contributed by atoms with van der Waals surface area (Å²) in [6, 6.07) is 4.09. The summed E-state index contributed by atoms with van der Waals surface area (Å²) < 4.78 is 17.9. The zero-order valence-electron chi connectivity index (χ0n) is 24.9. The molecule has 0 saturated heterocycles. The normalized spacial score (nSPS) is 12.0. The summed E-state index contributed by atoms with van der Waals surface area (Å²) in [5, 5.41) is 17.5. The van der Waals surface area contributed by atoms with E-state index in [-0.39, 0.29) is 23.5 Å². The molecule has 4 aromatic rings. The zero-order chi connectivity index (χ0) is 30.5. The summed E-state index contributed by atoms with van der Waals surface area (Å²) >= 11 is 2.09. The van der Waals surface area contributed by atoms with Gasteiger partial charge >= 0.3 is 0 Å². The number of nitriles is 1. The molecule has 0 saturated carbocycles. The Kier molecular flexibility index (Phi) is 10.8. The van der Waals surface area contributed by atoms with Gasteiger partial charge in [0.1, 0.15) is 34.3 Å². The molecule has 13 nitrogen and oxygen atoms in total. The first-order chi connectivity index (χ1) is 19.1. The molecule has 0 bridgehead atoms. The molecule has 0 N–H and O–H groups in total. The van der Waals surface area contributed by atoms with Crippen LogP contribution in [0.25, 0.3) is 22.1 Å². The second-order valence-corrected chi connectivity index (χ2v) is 24.4. The van der Waals surface area contributed by atoms with Crippen LogP contribution in [0.5, 0.6) is 0 Å². The van der Waals surface area contributed by atoms with Crippen molar-refractivity contribution in [1.82, 2.24) is 38.7 Å². The topological polar surface area (TPSA) is 148 Å². The Morgan fingerprint density at radius 3 is 1.71 bits per heavy atom. The number of hydrogen-bond donors (Lipinski definition) is 0. The molecule has 4 aromatic heterocycles. The third kappa shape index (κ3) is 8.64. The van der Waals surface area contributed by atoms with Gasteiger partial charge in [-0.25, -0.2) is 19.3 Å². The second-order valence-electron chi connectivity index (χ2n) is 12.2. The van der Waals surface area contributed by atoms with Gasteiger partial charge < -0.3 is 18.6 Å². The van der Waals surface area contributed by atoms with Crippen molar-refractivity contribution in [2.75, 3.05) is 13.2 Å². The van der Waals surface area contributed by atoms with E-state index in [1.165, 1.54) is 26.5 Å². The highest BCUT2D eigenvalue weighted by Gasteiger charge is 2.18. The largest absolute Gasteiger partial charge is 0.360 e. The molecular weight excluding hydrogens is 673 g/mol. The summed E-state index contributed by atoms with van der Waals surface area (Å²) in [7, 11) is 1.05. The van der Waals surface area contributed by atoms with Gasteiger partial charge in [-0.2, -0.15) is 15.5 Å². The lowest BCUT2D eigenvalue weighted by Crippen LogP contribution is -2.23. The van der Waals surface area contributed by atoms with E-state index >= 15 is 0 Å². The Balaban J connectivity index is 0.000000226. The lowest BCUT2D eigenvalue weighted by molar-refractivity contribution is 0.0812. The number of halogens is 1. The van der Waals surface area contributed by atoms with Crippen molar-refractivity contribution < 1.29 is 9.47 Å². The number of rotatable bonds is 10. The average Bonchev–Trinajstić information content (AvgIpc) is 3.41. The number of aryl methyl sites for hydroxylation is 2. The fourth-order valence-corrected chi connectivity index (χ4v) is 5.75. The smallest absolute Gasteiger partial charge is 0.279 e. The summed E-state index contributed by atoms with van der Waals surface area (Å²) in [4.78, 5) is 32.7. The van der Waals surface area contributed by atoms with Crippen LogP contribution in [-0.2, 0) is 37.0 Å². The number of aromatic nitrogens is 8. The van der Waals surface area contributed by atoms with Crippen LogP contribution in [0, 0.1) is 15.0 Å².